The maximum absolute atomic E-state index is 14.1. The SMILES string of the molecule is COCCOCCOCCN(C[C@H](C)S)c1cc(COc2cc3c(cc2OC)C(=O)N2c4ccccc4C[C@H]2CN3)cc(COc2cc3c(cc2OC)C(=O)N2c4ccccc4C[C@H]2CN3)c1. The Morgan fingerprint density at radius 1 is 0.642 bits per heavy atom. The van der Waals surface area contributed by atoms with E-state index < -0.39 is 0 Å². The number of amides is 2. The Kier molecular flexibility index (Phi) is 14.3. The van der Waals surface area contributed by atoms with Crippen LogP contribution in [0.4, 0.5) is 28.4 Å². The molecule has 9 rings (SSSR count). The highest BCUT2D eigenvalue weighted by Crippen LogP contribution is 2.43. The fraction of sp³-hybridized carbons (Fsp3) is 0.385. The zero-order valence-corrected chi connectivity index (χ0v) is 39.4. The summed E-state index contributed by atoms with van der Waals surface area (Å²) in [5.74, 6) is 1.79. The number of carbonyl (C=O) groups excluding carboxylic acids is 2. The number of anilines is 5. The fourth-order valence-corrected chi connectivity index (χ4v) is 9.72. The zero-order chi connectivity index (χ0) is 46.4. The van der Waals surface area contributed by atoms with Crippen LogP contribution in [0.3, 0.4) is 0 Å². The first-order chi connectivity index (χ1) is 32.7. The molecule has 0 fully saturated rings. The maximum Gasteiger partial charge on any atom is 0.260 e. The lowest BCUT2D eigenvalue weighted by Crippen LogP contribution is -2.39. The highest BCUT2D eigenvalue weighted by molar-refractivity contribution is 7.81. The van der Waals surface area contributed by atoms with Crippen LogP contribution in [0.2, 0.25) is 0 Å². The second-order valence-electron chi connectivity index (χ2n) is 17.3. The van der Waals surface area contributed by atoms with Gasteiger partial charge in [-0.3, -0.25) is 9.59 Å². The van der Waals surface area contributed by atoms with Gasteiger partial charge >= 0.3 is 0 Å². The number of ether oxygens (including phenoxy) is 7. The lowest BCUT2D eigenvalue weighted by Gasteiger charge is -2.28. The Balaban J connectivity index is 0.972. The summed E-state index contributed by atoms with van der Waals surface area (Å²) in [5, 5.41) is 7.13. The molecule has 2 amide bonds. The molecule has 3 atom stereocenters. The zero-order valence-electron chi connectivity index (χ0n) is 38.5. The quantitative estimate of drug-likeness (QED) is 0.0523. The van der Waals surface area contributed by atoms with Crippen LogP contribution in [0.25, 0.3) is 0 Å². The molecule has 0 aromatic heterocycles. The number of carbonyl (C=O) groups is 2. The van der Waals surface area contributed by atoms with E-state index in [1.54, 1.807) is 33.5 Å². The number of fused-ring (bicyclic) bond motifs is 8. The molecule has 4 aliphatic heterocycles. The van der Waals surface area contributed by atoms with Crippen molar-refractivity contribution >= 4 is 52.9 Å². The Hall–Kier alpha value is -6.13. The van der Waals surface area contributed by atoms with Crippen LogP contribution < -0.4 is 44.3 Å². The van der Waals surface area contributed by atoms with Crippen LogP contribution in [0.1, 0.15) is 49.9 Å². The molecule has 67 heavy (non-hydrogen) atoms. The van der Waals surface area contributed by atoms with Gasteiger partial charge in [0.2, 0.25) is 0 Å². The Morgan fingerprint density at radius 3 is 1.63 bits per heavy atom. The summed E-state index contributed by atoms with van der Waals surface area (Å²) in [6.45, 7) is 7.39. The lowest BCUT2D eigenvalue weighted by molar-refractivity contribution is 0.0265. The predicted molar refractivity (Wildman–Crippen MR) is 264 cm³/mol. The number of nitrogens with one attached hydrogen (secondary N) is 2. The second kappa shape index (κ2) is 20.8. The van der Waals surface area contributed by atoms with Crippen molar-refractivity contribution in [3.05, 3.63) is 124 Å². The van der Waals surface area contributed by atoms with Gasteiger partial charge in [0, 0.05) is 67.7 Å². The van der Waals surface area contributed by atoms with Gasteiger partial charge < -0.3 is 58.5 Å². The Bertz CT molecular complexity index is 2440. The third-order valence-electron chi connectivity index (χ3n) is 12.7. The first-order valence-electron chi connectivity index (χ1n) is 22.9. The molecule has 5 aromatic rings. The van der Waals surface area contributed by atoms with Crippen LogP contribution in [-0.4, -0.2) is 110 Å². The van der Waals surface area contributed by atoms with Crippen molar-refractivity contribution < 1.29 is 42.7 Å². The summed E-state index contributed by atoms with van der Waals surface area (Å²) < 4.78 is 41.6. The predicted octanol–water partition coefficient (Wildman–Crippen LogP) is 7.66. The van der Waals surface area contributed by atoms with Crippen LogP contribution in [0.5, 0.6) is 23.0 Å². The fourth-order valence-electron chi connectivity index (χ4n) is 9.52. The molecule has 0 spiro atoms. The summed E-state index contributed by atoms with van der Waals surface area (Å²) >= 11 is 4.79. The molecule has 15 heteroatoms. The van der Waals surface area contributed by atoms with Crippen molar-refractivity contribution in [2.75, 3.05) is 106 Å². The van der Waals surface area contributed by atoms with E-state index in [-0.39, 0.29) is 42.4 Å². The van der Waals surface area contributed by atoms with Crippen molar-refractivity contribution in [2.45, 2.75) is 50.3 Å². The normalized spacial score (nSPS) is 17.1. The molecule has 0 radical (unpaired) electrons. The minimum atomic E-state index is -0.0714. The molecule has 0 aliphatic carbocycles. The maximum atomic E-state index is 14.1. The average molecular weight is 930 g/mol. The molecular weight excluding hydrogens is 871 g/mol. The van der Waals surface area contributed by atoms with Crippen LogP contribution >= 0.6 is 12.6 Å². The van der Waals surface area contributed by atoms with E-state index >= 15 is 0 Å². The topological polar surface area (TPSA) is 133 Å². The van der Waals surface area contributed by atoms with E-state index in [1.807, 2.05) is 58.3 Å². The number of rotatable bonds is 20. The molecule has 2 N–H and O–H groups in total. The highest BCUT2D eigenvalue weighted by atomic mass is 32.1. The highest BCUT2D eigenvalue weighted by Gasteiger charge is 2.39. The largest absolute Gasteiger partial charge is 0.493 e. The van der Waals surface area contributed by atoms with E-state index in [4.69, 9.17) is 45.8 Å². The van der Waals surface area contributed by atoms with Gasteiger partial charge in [-0.2, -0.15) is 12.6 Å². The Labute approximate surface area is 397 Å². The molecular formula is C52H59N5O9S. The van der Waals surface area contributed by atoms with E-state index in [1.165, 1.54) is 11.1 Å². The van der Waals surface area contributed by atoms with Crippen LogP contribution in [0, 0.1) is 0 Å². The van der Waals surface area contributed by atoms with Crippen LogP contribution in [-0.2, 0) is 40.3 Å². The van der Waals surface area contributed by atoms with Gasteiger partial charge in [-0.15, -0.1) is 0 Å². The molecule has 0 unspecified atom stereocenters. The molecule has 0 bridgehead atoms. The number of methoxy groups -OCH3 is 3. The first-order valence-corrected chi connectivity index (χ1v) is 23.4. The van der Waals surface area contributed by atoms with Crippen molar-refractivity contribution in [1.29, 1.82) is 0 Å². The summed E-state index contributed by atoms with van der Waals surface area (Å²) in [4.78, 5) is 34.3. The number of benzene rings is 5. The number of hydrogen-bond donors (Lipinski definition) is 3. The van der Waals surface area contributed by atoms with Crippen molar-refractivity contribution in [3.63, 3.8) is 0 Å². The summed E-state index contributed by atoms with van der Waals surface area (Å²) in [6.07, 6.45) is 1.57. The van der Waals surface area contributed by atoms with E-state index in [0.717, 1.165) is 41.0 Å². The van der Waals surface area contributed by atoms with Gasteiger partial charge in [0.05, 0.1) is 81.8 Å². The van der Waals surface area contributed by atoms with Gasteiger partial charge in [0.15, 0.2) is 23.0 Å². The van der Waals surface area contributed by atoms with Crippen molar-refractivity contribution in [2.24, 2.45) is 0 Å². The minimum Gasteiger partial charge on any atom is -0.493 e. The van der Waals surface area contributed by atoms with Gasteiger partial charge in [-0.25, -0.2) is 0 Å². The summed E-state index contributed by atoms with van der Waals surface area (Å²) in [7, 11) is 4.82. The molecule has 0 saturated heterocycles. The van der Waals surface area contributed by atoms with E-state index in [0.29, 0.717) is 105 Å². The van der Waals surface area contributed by atoms with Crippen molar-refractivity contribution in [3.8, 4) is 23.0 Å². The average Bonchev–Trinajstić information content (AvgIpc) is 3.83. The van der Waals surface area contributed by atoms with Gasteiger partial charge in [0.1, 0.15) is 13.2 Å². The van der Waals surface area contributed by atoms with Gasteiger partial charge in [0.25, 0.3) is 11.8 Å². The van der Waals surface area contributed by atoms with E-state index in [9.17, 15) is 9.59 Å². The number of hydrogen-bond acceptors (Lipinski definition) is 13. The minimum absolute atomic E-state index is 0.000937. The molecule has 14 nitrogen and oxygen atoms in total. The standard InChI is InChI=1S/C52H59N5O9S/c1-33(67)30-55(13-14-63-17-18-64-16-15-60-2)38-20-34(31-65-49-26-43-41(24-47(49)61-3)51(58)56-39(28-53-43)22-36-9-5-7-11-45(36)56)19-35(21-38)32-66-50-27-44-42(25-48(50)62-4)52(59)57-40(29-54-44)23-37-10-6-8-12-46(37)57/h5-12,19-21,24-27,33,39-40,53-54,67H,13-18,22-23,28-32H2,1-4H3/t33-,39-,40-/m0/s1. The van der Waals surface area contributed by atoms with Gasteiger partial charge in [-0.1, -0.05) is 43.3 Å². The molecule has 4 heterocycles. The lowest BCUT2D eigenvalue weighted by atomic mass is 10.1. The smallest absolute Gasteiger partial charge is 0.260 e. The Morgan fingerprint density at radius 2 is 1.13 bits per heavy atom. The first kappa shape index (κ1) is 46.0. The molecule has 4 aliphatic rings. The molecule has 352 valence electrons. The number of nitrogens with zero attached hydrogens (tertiary/aromatic N) is 3. The summed E-state index contributed by atoms with van der Waals surface area (Å²) in [5.41, 5.74) is 9.42. The third-order valence-corrected chi connectivity index (χ3v) is 12.9. The number of para-hydroxylation sites is 2. The van der Waals surface area contributed by atoms with Gasteiger partial charge in [-0.05, 0) is 77.6 Å². The second-order valence-corrected chi connectivity index (χ2v) is 18.2. The van der Waals surface area contributed by atoms with Crippen molar-refractivity contribution in [1.82, 2.24) is 0 Å². The van der Waals surface area contributed by atoms with E-state index in [2.05, 4.69) is 52.8 Å². The molecule has 5 aromatic carbocycles. The van der Waals surface area contributed by atoms with Crippen LogP contribution in [0.15, 0.2) is 91.0 Å². The summed E-state index contributed by atoms with van der Waals surface area (Å²) in [6, 6.07) is 29.7. The molecule has 0 saturated carbocycles. The third kappa shape index (κ3) is 9.96. The monoisotopic (exact) mass is 929 g/mol. The number of thiol groups is 1.